The van der Waals surface area contributed by atoms with Crippen molar-refractivity contribution in [2.45, 2.75) is 18.9 Å². The molecule has 0 fully saturated rings. The molecule has 0 aromatic heterocycles. The van der Waals surface area contributed by atoms with Crippen LogP contribution in [0.2, 0.25) is 0 Å². The number of hydrogen-bond acceptors (Lipinski definition) is 3. The first-order valence-electron chi connectivity index (χ1n) is 4.49. The molecule has 4 heteroatoms. The van der Waals surface area contributed by atoms with Crippen molar-refractivity contribution in [3.8, 4) is 0 Å². The molecule has 0 heterocycles. The molecule has 1 aliphatic rings. The lowest BCUT2D eigenvalue weighted by Gasteiger charge is -2.13. The van der Waals surface area contributed by atoms with Gasteiger partial charge in [-0.2, -0.15) is 0 Å². The third kappa shape index (κ3) is 2.81. The Kier molecular flexibility index (Phi) is 3.59. The average Bonchev–Trinajstić information content (AvgIpc) is 2.19. The van der Waals surface area contributed by atoms with Gasteiger partial charge in [0.25, 0.3) is 0 Å². The quantitative estimate of drug-likeness (QED) is 0.582. The predicted molar refractivity (Wildman–Crippen MR) is 54.3 cm³/mol. The minimum absolute atomic E-state index is 0.153. The minimum atomic E-state index is -0.978. The molecule has 0 aromatic carbocycles. The second-order valence-corrected chi connectivity index (χ2v) is 3.35. The van der Waals surface area contributed by atoms with E-state index >= 15 is 0 Å². The van der Waals surface area contributed by atoms with E-state index in [1.165, 1.54) is 6.21 Å². The lowest BCUT2D eigenvalue weighted by Crippen LogP contribution is -2.30. The molecule has 0 bridgehead atoms. The van der Waals surface area contributed by atoms with Crippen LogP contribution in [0.15, 0.2) is 23.8 Å². The van der Waals surface area contributed by atoms with Gasteiger partial charge in [0.15, 0.2) is 0 Å². The Bertz CT molecular complexity index is 294. The number of rotatable bonds is 4. The predicted octanol–water partition coefficient (Wildman–Crippen LogP) is 0.940. The Morgan fingerprint density at radius 3 is 3.00 bits per heavy atom. The molecular formula is C10H14N2O2. The maximum Gasteiger partial charge on any atom is 0.320 e. The van der Waals surface area contributed by atoms with Crippen LogP contribution in [0.3, 0.4) is 0 Å². The van der Waals surface area contributed by atoms with Crippen molar-refractivity contribution in [2.75, 3.05) is 0 Å². The second-order valence-electron chi connectivity index (χ2n) is 3.35. The molecule has 14 heavy (non-hydrogen) atoms. The second kappa shape index (κ2) is 4.72. The summed E-state index contributed by atoms with van der Waals surface area (Å²) < 4.78 is 0. The summed E-state index contributed by atoms with van der Waals surface area (Å²) in [5.74, 6) is -0.826. The van der Waals surface area contributed by atoms with Crippen molar-refractivity contribution >= 4 is 12.2 Å². The molecule has 76 valence electrons. The first kappa shape index (κ1) is 10.7. The number of carboxylic acid groups (broad SMARTS) is 1. The van der Waals surface area contributed by atoms with Gasteiger partial charge in [-0.05, 0) is 12.8 Å². The van der Waals surface area contributed by atoms with Crippen molar-refractivity contribution in [3.05, 3.63) is 23.8 Å². The zero-order chi connectivity index (χ0) is 10.6. The van der Waals surface area contributed by atoms with E-state index in [0.717, 1.165) is 12.0 Å². The van der Waals surface area contributed by atoms with Crippen LogP contribution in [0.25, 0.3) is 0 Å². The molecule has 0 aromatic rings. The van der Waals surface area contributed by atoms with Crippen molar-refractivity contribution < 1.29 is 9.90 Å². The van der Waals surface area contributed by atoms with Gasteiger partial charge in [-0.3, -0.25) is 4.79 Å². The molecule has 4 nitrogen and oxygen atoms in total. The van der Waals surface area contributed by atoms with Gasteiger partial charge in [0.1, 0.15) is 6.04 Å². The van der Waals surface area contributed by atoms with Gasteiger partial charge in [-0.1, -0.05) is 23.8 Å². The van der Waals surface area contributed by atoms with E-state index in [0.29, 0.717) is 6.42 Å². The van der Waals surface area contributed by atoms with Crippen molar-refractivity contribution in [1.29, 1.82) is 5.41 Å². The van der Waals surface area contributed by atoms with Crippen molar-refractivity contribution in [1.82, 2.24) is 0 Å². The monoisotopic (exact) mass is 194 g/mol. The van der Waals surface area contributed by atoms with Crippen LogP contribution in [0, 0.1) is 11.3 Å². The maximum absolute atomic E-state index is 10.5. The molecule has 0 radical (unpaired) electrons. The van der Waals surface area contributed by atoms with E-state index in [2.05, 4.69) is 0 Å². The number of hydrogen-bond donors (Lipinski definition) is 3. The lowest BCUT2D eigenvalue weighted by molar-refractivity contribution is -0.138. The molecular weight excluding hydrogens is 180 g/mol. The molecule has 1 rings (SSSR count). The van der Waals surface area contributed by atoms with E-state index < -0.39 is 12.0 Å². The number of nitrogens with two attached hydrogens (primary N) is 1. The molecule has 0 aliphatic heterocycles. The molecule has 0 spiro atoms. The van der Waals surface area contributed by atoms with Crippen LogP contribution in [0.4, 0.5) is 0 Å². The molecule has 4 N–H and O–H groups in total. The highest BCUT2D eigenvalue weighted by atomic mass is 16.4. The summed E-state index contributed by atoms with van der Waals surface area (Å²) in [5, 5.41) is 15.6. The summed E-state index contributed by atoms with van der Waals surface area (Å²) in [6.07, 6.45) is 8.19. The Morgan fingerprint density at radius 1 is 1.86 bits per heavy atom. The van der Waals surface area contributed by atoms with Crippen LogP contribution < -0.4 is 5.73 Å². The number of carbonyl (C=O) groups is 1. The standard InChI is InChI=1S/C10H14N2O2/c11-6-8-3-1-7(2-4-8)5-9(12)10(13)14/h1-3,6,8-9,11H,4-5,12H2,(H,13,14)/t8?,9-/m0/s1. The zero-order valence-electron chi connectivity index (χ0n) is 7.81. The van der Waals surface area contributed by atoms with Gasteiger partial charge in [0, 0.05) is 12.1 Å². The molecule has 1 aliphatic carbocycles. The van der Waals surface area contributed by atoms with Gasteiger partial charge in [0.05, 0.1) is 0 Å². The third-order valence-electron chi connectivity index (χ3n) is 2.20. The number of aliphatic carboxylic acids is 1. The van der Waals surface area contributed by atoms with Gasteiger partial charge < -0.3 is 16.2 Å². The highest BCUT2D eigenvalue weighted by Gasteiger charge is 2.14. The first-order valence-corrected chi connectivity index (χ1v) is 4.49. The van der Waals surface area contributed by atoms with Crippen molar-refractivity contribution in [3.63, 3.8) is 0 Å². The van der Waals surface area contributed by atoms with Crippen LogP contribution in [-0.4, -0.2) is 23.3 Å². The van der Waals surface area contributed by atoms with Crippen LogP contribution in [-0.2, 0) is 4.79 Å². The van der Waals surface area contributed by atoms with Crippen LogP contribution in [0.5, 0.6) is 0 Å². The number of allylic oxidation sites excluding steroid dienone is 3. The van der Waals surface area contributed by atoms with E-state index in [1.807, 2.05) is 18.2 Å². The van der Waals surface area contributed by atoms with Crippen LogP contribution >= 0.6 is 0 Å². The Balaban J connectivity index is 2.49. The first-order chi connectivity index (χ1) is 6.63. The van der Waals surface area contributed by atoms with E-state index in [9.17, 15) is 4.79 Å². The minimum Gasteiger partial charge on any atom is -0.480 e. The van der Waals surface area contributed by atoms with Gasteiger partial charge in [0.2, 0.25) is 0 Å². The van der Waals surface area contributed by atoms with Crippen molar-refractivity contribution in [2.24, 2.45) is 11.7 Å². The number of nitrogens with one attached hydrogen (secondary N) is 1. The SMILES string of the molecule is N=CC1C=CC(C[C@H](N)C(=O)O)=CC1. The van der Waals surface area contributed by atoms with Gasteiger partial charge in [-0.15, -0.1) is 0 Å². The summed E-state index contributed by atoms with van der Waals surface area (Å²) in [4.78, 5) is 10.5. The Hall–Kier alpha value is -1.42. The Labute approximate surface area is 82.6 Å². The zero-order valence-corrected chi connectivity index (χ0v) is 7.81. The fourth-order valence-electron chi connectivity index (χ4n) is 1.30. The third-order valence-corrected chi connectivity index (χ3v) is 2.20. The fraction of sp³-hybridized carbons (Fsp3) is 0.400. The largest absolute Gasteiger partial charge is 0.480 e. The molecule has 2 atom stereocenters. The summed E-state index contributed by atoms with van der Waals surface area (Å²) in [5.41, 5.74) is 6.34. The Morgan fingerprint density at radius 2 is 2.57 bits per heavy atom. The molecule has 0 saturated carbocycles. The fourth-order valence-corrected chi connectivity index (χ4v) is 1.30. The maximum atomic E-state index is 10.5. The highest BCUT2D eigenvalue weighted by molar-refractivity contribution is 5.73. The summed E-state index contributed by atoms with van der Waals surface area (Å²) in [7, 11) is 0. The van der Waals surface area contributed by atoms with Crippen LogP contribution in [0.1, 0.15) is 12.8 Å². The topological polar surface area (TPSA) is 87.2 Å². The van der Waals surface area contributed by atoms with Gasteiger partial charge >= 0.3 is 5.97 Å². The van der Waals surface area contributed by atoms with E-state index in [1.54, 1.807) is 0 Å². The van der Waals surface area contributed by atoms with E-state index in [-0.39, 0.29) is 5.92 Å². The molecule has 1 unspecified atom stereocenters. The molecule has 0 amide bonds. The van der Waals surface area contributed by atoms with Gasteiger partial charge in [-0.25, -0.2) is 0 Å². The highest BCUT2D eigenvalue weighted by Crippen LogP contribution is 2.17. The van der Waals surface area contributed by atoms with E-state index in [4.69, 9.17) is 16.2 Å². The summed E-state index contributed by atoms with van der Waals surface area (Å²) in [6.45, 7) is 0. The lowest BCUT2D eigenvalue weighted by atomic mass is 9.94. The smallest absolute Gasteiger partial charge is 0.320 e. The normalized spacial score (nSPS) is 22.6. The summed E-state index contributed by atoms with van der Waals surface area (Å²) in [6, 6.07) is -0.831. The molecule has 0 saturated heterocycles. The number of carboxylic acids is 1. The average molecular weight is 194 g/mol. The summed E-state index contributed by atoms with van der Waals surface area (Å²) >= 11 is 0.